The van der Waals surface area contributed by atoms with Gasteiger partial charge in [0.15, 0.2) is 5.78 Å². The molecule has 132 valence electrons. The fraction of sp³-hybridized carbons (Fsp3) is 0.182. The fourth-order valence-corrected chi connectivity index (χ4v) is 3.03. The lowest BCUT2D eigenvalue weighted by atomic mass is 9.95. The molecule has 0 aliphatic rings. The molecule has 0 unspecified atom stereocenters. The Hall–Kier alpha value is -2.49. The van der Waals surface area contributed by atoms with E-state index in [1.807, 2.05) is 54.6 Å². The summed E-state index contributed by atoms with van der Waals surface area (Å²) in [5, 5.41) is 0.698. The topological polar surface area (TPSA) is 39.2 Å². The number of rotatable bonds is 7. The molecule has 0 amide bonds. The second-order valence-electron chi connectivity index (χ2n) is 6.10. The average Bonchev–Trinajstić information content (AvgIpc) is 2.68. The SMILES string of the molecule is COCc1cc(C(=O)CCc2cccnc2)ccc1-c1ccc(Cl)cc1. The lowest BCUT2D eigenvalue weighted by Crippen LogP contribution is -2.03. The van der Waals surface area contributed by atoms with E-state index in [1.54, 1.807) is 19.5 Å². The quantitative estimate of drug-likeness (QED) is 0.529. The maximum Gasteiger partial charge on any atom is 0.163 e. The number of Topliss-reactive ketones (excluding diaryl/α,β-unsaturated/α-hetero) is 1. The average molecular weight is 366 g/mol. The Kier molecular flexibility index (Phi) is 6.16. The van der Waals surface area contributed by atoms with Crippen molar-refractivity contribution in [2.45, 2.75) is 19.4 Å². The molecule has 0 saturated carbocycles. The summed E-state index contributed by atoms with van der Waals surface area (Å²) in [6.45, 7) is 0.446. The molecule has 0 saturated heterocycles. The third-order valence-corrected chi connectivity index (χ3v) is 4.50. The van der Waals surface area contributed by atoms with Crippen LogP contribution in [0.2, 0.25) is 5.02 Å². The van der Waals surface area contributed by atoms with Crippen LogP contribution in [0.4, 0.5) is 0 Å². The van der Waals surface area contributed by atoms with Gasteiger partial charge in [-0.2, -0.15) is 0 Å². The molecule has 2 aromatic carbocycles. The first-order valence-electron chi connectivity index (χ1n) is 8.47. The number of benzene rings is 2. The minimum Gasteiger partial charge on any atom is -0.380 e. The molecular formula is C22H20ClNO2. The predicted octanol–water partition coefficient (Wildman–Crippen LogP) is 5.36. The van der Waals surface area contributed by atoms with Crippen LogP contribution in [0.5, 0.6) is 0 Å². The van der Waals surface area contributed by atoms with Gasteiger partial charge in [0.05, 0.1) is 6.61 Å². The molecule has 3 rings (SSSR count). The van der Waals surface area contributed by atoms with E-state index >= 15 is 0 Å². The summed E-state index contributed by atoms with van der Waals surface area (Å²) in [5.74, 6) is 0.119. The van der Waals surface area contributed by atoms with Crippen LogP contribution < -0.4 is 0 Å². The molecule has 0 aliphatic carbocycles. The molecule has 1 heterocycles. The number of pyridine rings is 1. The molecule has 26 heavy (non-hydrogen) atoms. The van der Waals surface area contributed by atoms with Crippen molar-refractivity contribution in [3.05, 3.63) is 88.7 Å². The van der Waals surface area contributed by atoms with Crippen LogP contribution >= 0.6 is 11.6 Å². The summed E-state index contributed by atoms with van der Waals surface area (Å²) in [7, 11) is 1.66. The van der Waals surface area contributed by atoms with Crippen molar-refractivity contribution in [2.24, 2.45) is 0 Å². The van der Waals surface area contributed by atoms with Gasteiger partial charge in [-0.25, -0.2) is 0 Å². The van der Waals surface area contributed by atoms with Crippen LogP contribution in [0.3, 0.4) is 0 Å². The van der Waals surface area contributed by atoms with Crippen LogP contribution in [-0.2, 0) is 17.8 Å². The zero-order valence-corrected chi connectivity index (χ0v) is 15.4. The van der Waals surface area contributed by atoms with E-state index in [4.69, 9.17) is 16.3 Å². The molecule has 0 fully saturated rings. The Morgan fingerprint density at radius 2 is 1.92 bits per heavy atom. The Balaban J connectivity index is 1.81. The van der Waals surface area contributed by atoms with Gasteiger partial charge in [-0.1, -0.05) is 41.9 Å². The zero-order valence-electron chi connectivity index (χ0n) is 14.6. The van der Waals surface area contributed by atoms with Crippen LogP contribution in [0.25, 0.3) is 11.1 Å². The molecule has 0 atom stereocenters. The first-order chi connectivity index (χ1) is 12.7. The van der Waals surface area contributed by atoms with Crippen molar-refractivity contribution in [3.8, 4) is 11.1 Å². The van der Waals surface area contributed by atoms with Crippen LogP contribution in [0, 0.1) is 0 Å². The van der Waals surface area contributed by atoms with Crippen LogP contribution in [-0.4, -0.2) is 17.9 Å². The molecule has 4 heteroatoms. The number of nitrogens with zero attached hydrogens (tertiary/aromatic N) is 1. The van der Waals surface area contributed by atoms with Gasteiger partial charge in [0, 0.05) is 36.5 Å². The van der Waals surface area contributed by atoms with Crippen molar-refractivity contribution >= 4 is 17.4 Å². The lowest BCUT2D eigenvalue weighted by Gasteiger charge is -2.12. The highest BCUT2D eigenvalue weighted by atomic mass is 35.5. The number of halogens is 1. The number of ketones is 1. The minimum atomic E-state index is 0.119. The Morgan fingerprint density at radius 3 is 2.62 bits per heavy atom. The van der Waals surface area contributed by atoms with Crippen molar-refractivity contribution in [1.82, 2.24) is 4.98 Å². The largest absolute Gasteiger partial charge is 0.380 e. The summed E-state index contributed by atoms with van der Waals surface area (Å²) >= 11 is 5.98. The van der Waals surface area contributed by atoms with Gasteiger partial charge in [0.1, 0.15) is 0 Å². The van der Waals surface area contributed by atoms with Crippen molar-refractivity contribution in [2.75, 3.05) is 7.11 Å². The third kappa shape index (κ3) is 4.57. The zero-order chi connectivity index (χ0) is 18.4. The molecule has 3 aromatic rings. The molecule has 0 aliphatic heterocycles. The number of carbonyl (C=O) groups is 1. The number of hydrogen-bond donors (Lipinski definition) is 0. The van der Waals surface area contributed by atoms with E-state index in [9.17, 15) is 4.79 Å². The summed E-state index contributed by atoms with van der Waals surface area (Å²) in [6, 6.07) is 17.3. The fourth-order valence-electron chi connectivity index (χ4n) is 2.90. The summed E-state index contributed by atoms with van der Waals surface area (Å²) in [6.07, 6.45) is 4.68. The molecular weight excluding hydrogens is 346 g/mol. The monoisotopic (exact) mass is 365 g/mol. The number of carbonyl (C=O) groups excluding carboxylic acids is 1. The van der Waals surface area contributed by atoms with Crippen LogP contribution in [0.1, 0.15) is 27.9 Å². The highest BCUT2D eigenvalue weighted by molar-refractivity contribution is 6.30. The molecule has 0 radical (unpaired) electrons. The standard InChI is InChI=1S/C22H20ClNO2/c1-26-15-19-13-18(22(25)11-4-16-3-2-12-24-14-16)7-10-21(19)17-5-8-20(23)9-6-17/h2-3,5-10,12-14H,4,11,15H2,1H3. The van der Waals surface area contributed by atoms with Crippen molar-refractivity contribution in [1.29, 1.82) is 0 Å². The van der Waals surface area contributed by atoms with Gasteiger partial charge >= 0.3 is 0 Å². The summed E-state index contributed by atoms with van der Waals surface area (Å²) < 4.78 is 5.33. The van der Waals surface area contributed by atoms with Crippen molar-refractivity contribution < 1.29 is 9.53 Å². The van der Waals surface area contributed by atoms with E-state index in [0.29, 0.717) is 30.0 Å². The Morgan fingerprint density at radius 1 is 1.12 bits per heavy atom. The third-order valence-electron chi connectivity index (χ3n) is 4.25. The van der Waals surface area contributed by atoms with Gasteiger partial charge in [0.2, 0.25) is 0 Å². The molecule has 1 aromatic heterocycles. The van der Waals surface area contributed by atoms with Crippen LogP contribution in [0.15, 0.2) is 67.0 Å². The highest BCUT2D eigenvalue weighted by Gasteiger charge is 2.11. The lowest BCUT2D eigenvalue weighted by molar-refractivity contribution is 0.0982. The first kappa shape index (κ1) is 18.3. The summed E-state index contributed by atoms with van der Waals surface area (Å²) in [4.78, 5) is 16.7. The minimum absolute atomic E-state index is 0.119. The number of aryl methyl sites for hydroxylation is 1. The van der Waals surface area contributed by atoms with Gasteiger partial charge in [-0.15, -0.1) is 0 Å². The predicted molar refractivity (Wildman–Crippen MR) is 104 cm³/mol. The molecule has 0 N–H and O–H groups in total. The van der Waals surface area contributed by atoms with E-state index in [1.165, 1.54) is 0 Å². The Bertz CT molecular complexity index is 876. The molecule has 3 nitrogen and oxygen atoms in total. The van der Waals surface area contributed by atoms with Gasteiger partial charge in [-0.05, 0) is 52.9 Å². The maximum absolute atomic E-state index is 12.6. The number of methoxy groups -OCH3 is 1. The molecule has 0 spiro atoms. The summed E-state index contributed by atoms with van der Waals surface area (Å²) in [5.41, 5.74) is 4.86. The second kappa shape index (κ2) is 8.75. The van der Waals surface area contributed by atoms with E-state index in [2.05, 4.69) is 4.98 Å². The van der Waals surface area contributed by atoms with E-state index < -0.39 is 0 Å². The maximum atomic E-state index is 12.6. The molecule has 0 bridgehead atoms. The number of ether oxygens (including phenoxy) is 1. The van der Waals surface area contributed by atoms with Gasteiger partial charge in [-0.3, -0.25) is 9.78 Å². The number of aromatic nitrogens is 1. The second-order valence-corrected chi connectivity index (χ2v) is 6.53. The number of hydrogen-bond acceptors (Lipinski definition) is 3. The Labute approximate surface area is 158 Å². The highest BCUT2D eigenvalue weighted by Crippen LogP contribution is 2.27. The van der Waals surface area contributed by atoms with E-state index in [-0.39, 0.29) is 5.78 Å². The van der Waals surface area contributed by atoms with Gasteiger partial charge < -0.3 is 4.74 Å². The first-order valence-corrected chi connectivity index (χ1v) is 8.85. The van der Waals surface area contributed by atoms with Gasteiger partial charge in [0.25, 0.3) is 0 Å². The normalized spacial score (nSPS) is 10.7. The smallest absolute Gasteiger partial charge is 0.163 e. The van der Waals surface area contributed by atoms with E-state index in [0.717, 1.165) is 22.3 Å². The van der Waals surface area contributed by atoms with Crippen molar-refractivity contribution in [3.63, 3.8) is 0 Å².